The van der Waals surface area contributed by atoms with Gasteiger partial charge in [0, 0.05) is 31.7 Å². The Morgan fingerprint density at radius 3 is 2.75 bits per heavy atom. The van der Waals surface area contributed by atoms with Crippen molar-refractivity contribution in [3.8, 4) is 11.3 Å². The second-order valence-electron chi connectivity index (χ2n) is 5.97. The summed E-state index contributed by atoms with van der Waals surface area (Å²) in [5, 5.41) is 2.84. The van der Waals surface area contributed by atoms with Crippen LogP contribution in [0.15, 0.2) is 40.8 Å². The molecule has 0 saturated carbocycles. The zero-order valence-corrected chi connectivity index (χ0v) is 14.1. The number of carbonyl (C=O) groups excluding carboxylic acids is 1. The predicted molar refractivity (Wildman–Crippen MR) is 92.9 cm³/mol. The number of furan rings is 1. The molecule has 2 heterocycles. The molecule has 0 spiro atoms. The van der Waals surface area contributed by atoms with Crippen LogP contribution in [0, 0.1) is 0 Å². The average Bonchev–Trinajstić information content (AvgIpc) is 3.11. The second kappa shape index (κ2) is 8.13. The lowest BCUT2D eigenvalue weighted by Crippen LogP contribution is -2.35. The van der Waals surface area contributed by atoms with Crippen LogP contribution in [0.5, 0.6) is 0 Å². The molecule has 1 amide bonds. The Balaban J connectivity index is 1.77. The van der Waals surface area contributed by atoms with E-state index in [9.17, 15) is 4.79 Å². The van der Waals surface area contributed by atoms with Crippen molar-refractivity contribution in [1.29, 1.82) is 0 Å². The van der Waals surface area contributed by atoms with Crippen molar-refractivity contribution in [2.24, 2.45) is 0 Å². The third-order valence-electron chi connectivity index (χ3n) is 4.15. The minimum atomic E-state index is -0.159. The van der Waals surface area contributed by atoms with Crippen LogP contribution in [-0.2, 0) is 11.3 Å². The van der Waals surface area contributed by atoms with Crippen LogP contribution in [-0.4, -0.2) is 43.7 Å². The lowest BCUT2D eigenvalue weighted by molar-refractivity contribution is 0.0342. The fraction of sp³-hybridized carbons (Fsp3) is 0.421. The van der Waals surface area contributed by atoms with E-state index in [0.717, 1.165) is 50.6 Å². The van der Waals surface area contributed by atoms with Crippen molar-refractivity contribution in [3.63, 3.8) is 0 Å². The van der Waals surface area contributed by atoms with Crippen LogP contribution in [0.4, 0.5) is 0 Å². The largest absolute Gasteiger partial charge is 0.451 e. The molecule has 1 aliphatic heterocycles. The van der Waals surface area contributed by atoms with Crippen molar-refractivity contribution in [3.05, 3.63) is 47.7 Å². The summed E-state index contributed by atoms with van der Waals surface area (Å²) < 4.78 is 11.2. The van der Waals surface area contributed by atoms with Gasteiger partial charge in [-0.05, 0) is 24.1 Å². The predicted octanol–water partition coefficient (Wildman–Crippen LogP) is 2.92. The Bertz CT molecular complexity index is 675. The Kier molecular flexibility index (Phi) is 5.67. The van der Waals surface area contributed by atoms with Crippen LogP contribution >= 0.6 is 0 Å². The van der Waals surface area contributed by atoms with E-state index >= 15 is 0 Å². The van der Waals surface area contributed by atoms with Gasteiger partial charge in [-0.1, -0.05) is 31.2 Å². The second-order valence-corrected chi connectivity index (χ2v) is 5.97. The van der Waals surface area contributed by atoms with Gasteiger partial charge in [0.1, 0.15) is 5.76 Å². The van der Waals surface area contributed by atoms with Crippen LogP contribution in [0.25, 0.3) is 11.3 Å². The molecule has 3 rings (SSSR count). The molecule has 0 aliphatic carbocycles. The SMILES string of the molecule is CCCNC(=O)c1ccc(-c2ccccc2CN2CCOCC2)o1. The highest BCUT2D eigenvalue weighted by atomic mass is 16.5. The number of nitrogens with one attached hydrogen (secondary N) is 1. The summed E-state index contributed by atoms with van der Waals surface area (Å²) in [6.07, 6.45) is 0.904. The normalized spacial score (nSPS) is 15.4. The van der Waals surface area contributed by atoms with Gasteiger partial charge in [-0.25, -0.2) is 0 Å². The van der Waals surface area contributed by atoms with E-state index in [-0.39, 0.29) is 5.91 Å². The molecule has 1 aromatic carbocycles. The molecule has 1 aromatic heterocycles. The van der Waals surface area contributed by atoms with E-state index in [0.29, 0.717) is 12.3 Å². The molecular weight excluding hydrogens is 304 g/mol. The van der Waals surface area contributed by atoms with Crippen molar-refractivity contribution in [1.82, 2.24) is 10.2 Å². The van der Waals surface area contributed by atoms with E-state index < -0.39 is 0 Å². The first-order valence-electron chi connectivity index (χ1n) is 8.54. The standard InChI is InChI=1S/C19H24N2O3/c1-2-9-20-19(22)18-8-7-17(24-18)16-6-4-3-5-15(16)14-21-10-12-23-13-11-21/h3-8H,2,9-14H2,1H3,(H,20,22). The summed E-state index contributed by atoms with van der Waals surface area (Å²) in [5.74, 6) is 0.939. The maximum Gasteiger partial charge on any atom is 0.287 e. The van der Waals surface area contributed by atoms with Crippen molar-refractivity contribution >= 4 is 5.91 Å². The summed E-state index contributed by atoms with van der Waals surface area (Å²) >= 11 is 0. The highest BCUT2D eigenvalue weighted by Crippen LogP contribution is 2.27. The molecule has 2 aromatic rings. The van der Waals surface area contributed by atoms with Crippen molar-refractivity contribution < 1.29 is 13.9 Å². The number of morpholine rings is 1. The van der Waals surface area contributed by atoms with Gasteiger partial charge in [0.15, 0.2) is 5.76 Å². The molecule has 1 aliphatic rings. The van der Waals surface area contributed by atoms with Crippen LogP contribution in [0.3, 0.4) is 0 Å². The molecular formula is C19H24N2O3. The van der Waals surface area contributed by atoms with Gasteiger partial charge in [0.25, 0.3) is 5.91 Å². The number of nitrogens with zero attached hydrogens (tertiary/aromatic N) is 1. The van der Waals surface area contributed by atoms with E-state index in [1.54, 1.807) is 6.07 Å². The van der Waals surface area contributed by atoms with Gasteiger partial charge in [0.2, 0.25) is 0 Å². The van der Waals surface area contributed by atoms with Gasteiger partial charge in [0.05, 0.1) is 13.2 Å². The molecule has 128 valence electrons. The maximum atomic E-state index is 12.0. The highest BCUT2D eigenvalue weighted by molar-refractivity contribution is 5.92. The first kappa shape index (κ1) is 16.7. The highest BCUT2D eigenvalue weighted by Gasteiger charge is 2.16. The van der Waals surface area contributed by atoms with Gasteiger partial charge in [-0.15, -0.1) is 0 Å². The van der Waals surface area contributed by atoms with E-state index in [1.807, 2.05) is 31.2 Å². The number of ether oxygens (including phenoxy) is 1. The van der Waals surface area contributed by atoms with Gasteiger partial charge in [-0.2, -0.15) is 0 Å². The Hall–Kier alpha value is -2.11. The number of rotatable bonds is 6. The number of benzene rings is 1. The van der Waals surface area contributed by atoms with Crippen molar-refractivity contribution in [2.45, 2.75) is 19.9 Å². The van der Waals surface area contributed by atoms with Crippen molar-refractivity contribution in [2.75, 3.05) is 32.8 Å². The molecule has 0 atom stereocenters. The lowest BCUT2D eigenvalue weighted by atomic mass is 10.0. The molecule has 24 heavy (non-hydrogen) atoms. The maximum absolute atomic E-state index is 12.0. The van der Waals surface area contributed by atoms with Gasteiger partial charge < -0.3 is 14.5 Å². The third kappa shape index (κ3) is 4.04. The number of carbonyl (C=O) groups is 1. The number of hydrogen-bond acceptors (Lipinski definition) is 4. The summed E-state index contributed by atoms with van der Waals surface area (Å²) in [6, 6.07) is 11.8. The first-order valence-corrected chi connectivity index (χ1v) is 8.54. The topological polar surface area (TPSA) is 54.7 Å². The molecule has 0 radical (unpaired) electrons. The number of hydrogen-bond donors (Lipinski definition) is 1. The summed E-state index contributed by atoms with van der Waals surface area (Å²) in [4.78, 5) is 14.4. The molecule has 1 fully saturated rings. The van der Waals surface area contributed by atoms with Gasteiger partial charge >= 0.3 is 0 Å². The molecule has 0 unspecified atom stereocenters. The zero-order chi connectivity index (χ0) is 16.8. The Labute approximate surface area is 142 Å². The fourth-order valence-corrected chi connectivity index (χ4v) is 2.83. The quantitative estimate of drug-likeness (QED) is 0.886. The first-order chi connectivity index (χ1) is 11.8. The molecule has 5 nitrogen and oxygen atoms in total. The summed E-state index contributed by atoms with van der Waals surface area (Å²) in [6.45, 7) is 6.99. The van der Waals surface area contributed by atoms with Gasteiger partial charge in [-0.3, -0.25) is 9.69 Å². The zero-order valence-electron chi connectivity index (χ0n) is 14.1. The van der Waals surface area contributed by atoms with E-state index in [1.165, 1.54) is 5.56 Å². The smallest absolute Gasteiger partial charge is 0.287 e. The number of amides is 1. The lowest BCUT2D eigenvalue weighted by Gasteiger charge is -2.27. The minimum Gasteiger partial charge on any atom is -0.451 e. The molecule has 1 saturated heterocycles. The monoisotopic (exact) mass is 328 g/mol. The Morgan fingerprint density at radius 2 is 1.96 bits per heavy atom. The van der Waals surface area contributed by atoms with Crippen LogP contribution < -0.4 is 5.32 Å². The summed E-state index contributed by atoms with van der Waals surface area (Å²) in [7, 11) is 0. The third-order valence-corrected chi connectivity index (χ3v) is 4.15. The summed E-state index contributed by atoms with van der Waals surface area (Å²) in [5.41, 5.74) is 2.24. The molecule has 5 heteroatoms. The van der Waals surface area contributed by atoms with E-state index in [2.05, 4.69) is 16.3 Å². The fourth-order valence-electron chi connectivity index (χ4n) is 2.83. The van der Waals surface area contributed by atoms with Crippen LogP contribution in [0.1, 0.15) is 29.5 Å². The average molecular weight is 328 g/mol. The van der Waals surface area contributed by atoms with E-state index in [4.69, 9.17) is 9.15 Å². The van der Waals surface area contributed by atoms with Crippen LogP contribution in [0.2, 0.25) is 0 Å². The minimum absolute atomic E-state index is 0.159. The molecule has 0 bridgehead atoms. The molecule has 1 N–H and O–H groups in total. The Morgan fingerprint density at radius 1 is 1.17 bits per heavy atom.